The van der Waals surface area contributed by atoms with Crippen LogP contribution in [0, 0.1) is 0 Å². The minimum absolute atomic E-state index is 0.0592. The van der Waals surface area contributed by atoms with Gasteiger partial charge in [-0.25, -0.2) is 0 Å². The first-order chi connectivity index (χ1) is 6.55. The van der Waals surface area contributed by atoms with E-state index in [1.165, 1.54) is 0 Å². The first-order valence-corrected chi connectivity index (χ1v) is 5.21. The summed E-state index contributed by atoms with van der Waals surface area (Å²) in [6.07, 6.45) is 1.66. The first-order valence-electron chi connectivity index (χ1n) is 5.21. The molecule has 0 bridgehead atoms. The summed E-state index contributed by atoms with van der Waals surface area (Å²) in [5.74, 6) is -0.425. The third-order valence-corrected chi connectivity index (χ3v) is 2.85. The van der Waals surface area contributed by atoms with E-state index in [9.17, 15) is 0 Å². The second-order valence-corrected chi connectivity index (χ2v) is 4.73. The Kier molecular flexibility index (Phi) is 2.55. The molecule has 0 amide bonds. The molecule has 14 heavy (non-hydrogen) atoms. The summed E-state index contributed by atoms with van der Waals surface area (Å²) < 4.78 is 17.2. The summed E-state index contributed by atoms with van der Waals surface area (Å²) in [6, 6.07) is 0. The maximum Gasteiger partial charge on any atom is 0.173 e. The highest BCUT2D eigenvalue weighted by molar-refractivity contribution is 4.89. The minimum Gasteiger partial charge on any atom is -0.375 e. The van der Waals surface area contributed by atoms with E-state index in [2.05, 4.69) is 13.8 Å². The smallest absolute Gasteiger partial charge is 0.173 e. The molecule has 0 aliphatic carbocycles. The van der Waals surface area contributed by atoms with Crippen molar-refractivity contribution in [2.75, 3.05) is 19.8 Å². The molecule has 2 saturated heterocycles. The fraction of sp³-hybridized carbons (Fsp3) is 1.00. The van der Waals surface area contributed by atoms with Crippen LogP contribution in [0.3, 0.4) is 0 Å². The zero-order chi connectivity index (χ0) is 10.2. The molecule has 4 nitrogen and oxygen atoms in total. The van der Waals surface area contributed by atoms with E-state index in [-0.39, 0.29) is 11.7 Å². The molecule has 2 aliphatic rings. The van der Waals surface area contributed by atoms with Crippen LogP contribution < -0.4 is 5.73 Å². The van der Waals surface area contributed by atoms with Crippen LogP contribution in [0.15, 0.2) is 0 Å². The van der Waals surface area contributed by atoms with Gasteiger partial charge in [0.15, 0.2) is 5.79 Å². The Morgan fingerprint density at radius 1 is 1.36 bits per heavy atom. The van der Waals surface area contributed by atoms with Gasteiger partial charge in [0.25, 0.3) is 0 Å². The second kappa shape index (κ2) is 3.45. The van der Waals surface area contributed by atoms with E-state index in [1.807, 2.05) is 0 Å². The molecule has 2 N–H and O–H groups in total. The van der Waals surface area contributed by atoms with Crippen LogP contribution in [0.4, 0.5) is 0 Å². The van der Waals surface area contributed by atoms with Crippen LogP contribution in [0.5, 0.6) is 0 Å². The zero-order valence-corrected chi connectivity index (χ0v) is 8.91. The predicted octanol–water partition coefficient (Wildman–Crippen LogP) is 0.646. The van der Waals surface area contributed by atoms with Crippen molar-refractivity contribution in [1.29, 1.82) is 0 Å². The Bertz CT molecular complexity index is 219. The summed E-state index contributed by atoms with van der Waals surface area (Å²) in [7, 11) is 0. The summed E-state index contributed by atoms with van der Waals surface area (Å²) in [6.45, 7) is 5.98. The number of nitrogens with two attached hydrogens (primary N) is 1. The van der Waals surface area contributed by atoms with Crippen LogP contribution >= 0.6 is 0 Å². The molecule has 0 aromatic rings. The second-order valence-electron chi connectivity index (χ2n) is 4.73. The lowest BCUT2D eigenvalue weighted by atomic mass is 9.93. The number of rotatable bonds is 1. The first kappa shape index (κ1) is 10.4. The molecule has 0 radical (unpaired) electrons. The third kappa shape index (κ3) is 1.93. The van der Waals surface area contributed by atoms with Gasteiger partial charge in [0.05, 0.1) is 24.9 Å². The van der Waals surface area contributed by atoms with Crippen molar-refractivity contribution in [3.05, 3.63) is 0 Å². The molecule has 2 aliphatic heterocycles. The van der Waals surface area contributed by atoms with E-state index < -0.39 is 5.79 Å². The largest absolute Gasteiger partial charge is 0.375 e. The Hall–Kier alpha value is -0.160. The highest BCUT2D eigenvalue weighted by atomic mass is 16.7. The quantitative estimate of drug-likeness (QED) is 0.676. The molecular weight excluding hydrogens is 182 g/mol. The van der Waals surface area contributed by atoms with Crippen LogP contribution in [0.2, 0.25) is 0 Å². The van der Waals surface area contributed by atoms with Crippen molar-refractivity contribution in [3.63, 3.8) is 0 Å². The van der Waals surface area contributed by atoms with Crippen molar-refractivity contribution in [1.82, 2.24) is 0 Å². The van der Waals surface area contributed by atoms with E-state index in [0.29, 0.717) is 19.8 Å². The number of hydrogen-bond donors (Lipinski definition) is 1. The van der Waals surface area contributed by atoms with Gasteiger partial charge in [-0.1, -0.05) is 0 Å². The summed E-state index contributed by atoms with van der Waals surface area (Å²) >= 11 is 0. The van der Waals surface area contributed by atoms with E-state index >= 15 is 0 Å². The SMILES string of the molecule is CC1(C)CC2(CCO1)OCC(CN)O2. The van der Waals surface area contributed by atoms with Gasteiger partial charge in [-0.2, -0.15) is 0 Å². The zero-order valence-electron chi connectivity index (χ0n) is 8.91. The number of hydrogen-bond acceptors (Lipinski definition) is 4. The number of ether oxygens (including phenoxy) is 3. The van der Waals surface area contributed by atoms with Crippen molar-refractivity contribution in [2.45, 2.75) is 44.2 Å². The van der Waals surface area contributed by atoms with Gasteiger partial charge in [0.1, 0.15) is 0 Å². The molecule has 82 valence electrons. The molecule has 0 saturated carbocycles. The summed E-state index contributed by atoms with van der Waals surface area (Å²) in [4.78, 5) is 0. The maximum absolute atomic E-state index is 5.85. The molecule has 1 spiro atoms. The summed E-state index contributed by atoms with van der Waals surface area (Å²) in [5.41, 5.74) is 5.40. The van der Waals surface area contributed by atoms with Crippen LogP contribution in [-0.2, 0) is 14.2 Å². The van der Waals surface area contributed by atoms with E-state index in [4.69, 9.17) is 19.9 Å². The molecule has 2 heterocycles. The highest BCUT2D eigenvalue weighted by Gasteiger charge is 2.47. The third-order valence-electron chi connectivity index (χ3n) is 2.85. The maximum atomic E-state index is 5.85. The summed E-state index contributed by atoms with van der Waals surface area (Å²) in [5, 5.41) is 0. The minimum atomic E-state index is -0.425. The molecular formula is C10H19NO3. The predicted molar refractivity (Wildman–Crippen MR) is 51.9 cm³/mol. The van der Waals surface area contributed by atoms with Crippen LogP contribution in [0.25, 0.3) is 0 Å². The standard InChI is InChI=1S/C10H19NO3/c1-9(2)7-10(3-4-12-9)13-6-8(5-11)14-10/h8H,3-7,11H2,1-2H3. The van der Waals surface area contributed by atoms with Gasteiger partial charge in [-0.3, -0.25) is 0 Å². The lowest BCUT2D eigenvalue weighted by Gasteiger charge is -2.41. The topological polar surface area (TPSA) is 53.7 Å². The van der Waals surface area contributed by atoms with Gasteiger partial charge in [0, 0.05) is 19.4 Å². The Labute approximate surface area is 84.7 Å². The molecule has 2 fully saturated rings. The highest BCUT2D eigenvalue weighted by Crippen LogP contribution is 2.39. The average Bonchev–Trinajstić information content (AvgIpc) is 2.46. The average molecular weight is 201 g/mol. The Morgan fingerprint density at radius 2 is 2.14 bits per heavy atom. The van der Waals surface area contributed by atoms with Crippen molar-refractivity contribution in [2.24, 2.45) is 5.73 Å². The Balaban J connectivity index is 2.03. The monoisotopic (exact) mass is 201 g/mol. The Morgan fingerprint density at radius 3 is 2.71 bits per heavy atom. The lowest BCUT2D eigenvalue weighted by molar-refractivity contribution is -0.246. The molecule has 0 aromatic heterocycles. The van der Waals surface area contributed by atoms with Crippen LogP contribution in [0.1, 0.15) is 26.7 Å². The molecule has 0 aromatic carbocycles. The van der Waals surface area contributed by atoms with Gasteiger partial charge >= 0.3 is 0 Å². The van der Waals surface area contributed by atoms with Crippen molar-refractivity contribution < 1.29 is 14.2 Å². The molecule has 2 rings (SSSR count). The van der Waals surface area contributed by atoms with Crippen molar-refractivity contribution >= 4 is 0 Å². The molecule has 2 atom stereocenters. The molecule has 4 heteroatoms. The van der Waals surface area contributed by atoms with Gasteiger partial charge < -0.3 is 19.9 Å². The van der Waals surface area contributed by atoms with E-state index in [1.54, 1.807) is 0 Å². The molecule has 2 unspecified atom stereocenters. The van der Waals surface area contributed by atoms with Crippen molar-refractivity contribution in [3.8, 4) is 0 Å². The van der Waals surface area contributed by atoms with Crippen LogP contribution in [-0.4, -0.2) is 37.3 Å². The van der Waals surface area contributed by atoms with E-state index in [0.717, 1.165) is 12.8 Å². The lowest BCUT2D eigenvalue weighted by Crippen LogP contribution is -2.47. The normalized spacial score (nSPS) is 41.8. The van der Waals surface area contributed by atoms with Gasteiger partial charge in [0.2, 0.25) is 0 Å². The van der Waals surface area contributed by atoms with Gasteiger partial charge in [-0.15, -0.1) is 0 Å². The van der Waals surface area contributed by atoms with Gasteiger partial charge in [-0.05, 0) is 13.8 Å². The fourth-order valence-electron chi connectivity index (χ4n) is 2.23. The fourth-order valence-corrected chi connectivity index (χ4v) is 2.23.